The Hall–Kier alpha value is -2.07. The molecule has 1 aliphatic heterocycles. The monoisotopic (exact) mass is 423 g/mol. The molecule has 0 unspecified atom stereocenters. The summed E-state index contributed by atoms with van der Waals surface area (Å²) in [5.74, 6) is 0.939. The van der Waals surface area contributed by atoms with Crippen LogP contribution in [-0.2, 0) is 11.3 Å². The van der Waals surface area contributed by atoms with Crippen LogP contribution in [0.3, 0.4) is 0 Å². The maximum Gasteiger partial charge on any atom is 0.306 e. The number of benzene rings is 2. The number of hydrogen-bond acceptors (Lipinski definition) is 3. The van der Waals surface area contributed by atoms with Crippen molar-refractivity contribution in [2.45, 2.75) is 71.9 Å². The summed E-state index contributed by atoms with van der Waals surface area (Å²) < 4.78 is 6.64. The molecule has 0 spiro atoms. The number of nitrogens with zero attached hydrogens (tertiary/aromatic N) is 1. The summed E-state index contributed by atoms with van der Waals surface area (Å²) in [7, 11) is 0. The molecule has 2 aromatic rings. The van der Waals surface area contributed by atoms with Gasteiger partial charge >= 0.3 is 5.97 Å². The Kier molecular flexibility index (Phi) is 6.57. The minimum absolute atomic E-state index is 0.197. The van der Waals surface area contributed by atoms with E-state index in [0.717, 1.165) is 57.0 Å². The number of hydrogen-bond donors (Lipinski definition) is 1. The topological polar surface area (TPSA) is 49.8 Å². The molecule has 1 saturated heterocycles. The summed E-state index contributed by atoms with van der Waals surface area (Å²) in [5, 5.41) is 11.8. The third kappa shape index (κ3) is 5.23. The number of fused-ring (bicyclic) bond motifs is 1. The van der Waals surface area contributed by atoms with Gasteiger partial charge in [-0.2, -0.15) is 0 Å². The molecule has 1 saturated carbocycles. The first-order valence-corrected chi connectivity index (χ1v) is 11.9. The van der Waals surface area contributed by atoms with Gasteiger partial charge in [0.15, 0.2) is 0 Å². The third-order valence-electron chi connectivity index (χ3n) is 7.51. The van der Waals surface area contributed by atoms with E-state index in [1.54, 1.807) is 0 Å². The third-order valence-corrected chi connectivity index (χ3v) is 7.51. The summed E-state index contributed by atoms with van der Waals surface area (Å²) >= 11 is 0. The molecule has 2 aliphatic rings. The Labute approximate surface area is 186 Å². The van der Waals surface area contributed by atoms with E-state index in [4.69, 9.17) is 4.74 Å². The highest BCUT2D eigenvalue weighted by molar-refractivity contribution is 5.87. The van der Waals surface area contributed by atoms with Crippen LogP contribution in [0.4, 0.5) is 0 Å². The van der Waals surface area contributed by atoms with Crippen LogP contribution >= 0.6 is 0 Å². The van der Waals surface area contributed by atoms with Gasteiger partial charge in [-0.15, -0.1) is 0 Å². The minimum Gasteiger partial charge on any atom is -0.490 e. The number of carboxylic acids is 1. The number of aliphatic carboxylic acids is 1. The van der Waals surface area contributed by atoms with Crippen LogP contribution in [0.5, 0.6) is 5.75 Å². The molecule has 2 fully saturated rings. The van der Waals surface area contributed by atoms with Crippen LogP contribution in [-0.4, -0.2) is 35.2 Å². The van der Waals surface area contributed by atoms with Crippen LogP contribution in [0.1, 0.15) is 64.9 Å². The van der Waals surface area contributed by atoms with Crippen molar-refractivity contribution < 1.29 is 14.6 Å². The second-order valence-corrected chi connectivity index (χ2v) is 10.6. The second-order valence-electron chi connectivity index (χ2n) is 10.6. The number of carbonyl (C=O) groups is 1. The number of ether oxygens (including phenoxy) is 1. The van der Waals surface area contributed by atoms with Crippen molar-refractivity contribution in [1.82, 2.24) is 4.90 Å². The van der Waals surface area contributed by atoms with Gasteiger partial charge < -0.3 is 9.84 Å². The molecule has 4 nitrogen and oxygen atoms in total. The summed E-state index contributed by atoms with van der Waals surface area (Å²) in [4.78, 5) is 13.7. The van der Waals surface area contributed by atoms with Gasteiger partial charge in [-0.25, -0.2) is 0 Å². The van der Waals surface area contributed by atoms with E-state index in [9.17, 15) is 9.90 Å². The Balaban J connectivity index is 1.51. The number of likely N-dealkylation sites (tertiary alicyclic amines) is 1. The Morgan fingerprint density at radius 2 is 1.68 bits per heavy atom. The van der Waals surface area contributed by atoms with Crippen LogP contribution in [0, 0.1) is 17.3 Å². The quantitative estimate of drug-likeness (QED) is 0.629. The van der Waals surface area contributed by atoms with Crippen LogP contribution in [0.25, 0.3) is 10.8 Å². The Morgan fingerprint density at radius 1 is 1.00 bits per heavy atom. The first-order valence-electron chi connectivity index (χ1n) is 11.9. The van der Waals surface area contributed by atoms with E-state index in [0.29, 0.717) is 5.41 Å². The molecule has 1 aliphatic carbocycles. The fourth-order valence-electron chi connectivity index (χ4n) is 5.38. The highest BCUT2D eigenvalue weighted by atomic mass is 16.5. The molecule has 1 N–H and O–H groups in total. The fourth-order valence-corrected chi connectivity index (χ4v) is 5.38. The molecule has 4 rings (SSSR count). The van der Waals surface area contributed by atoms with Crippen LogP contribution in [0.2, 0.25) is 0 Å². The number of piperidine rings is 1. The predicted octanol–water partition coefficient (Wildman–Crippen LogP) is 6.12. The molecule has 4 heteroatoms. The number of carboxylic acid groups (broad SMARTS) is 1. The molecule has 1 heterocycles. The summed E-state index contributed by atoms with van der Waals surface area (Å²) in [6.45, 7) is 9.54. The highest BCUT2D eigenvalue weighted by Crippen LogP contribution is 2.40. The molecule has 0 aromatic heterocycles. The Bertz CT molecular complexity index is 900. The lowest BCUT2D eigenvalue weighted by Crippen LogP contribution is -2.36. The van der Waals surface area contributed by atoms with Crippen molar-refractivity contribution in [3.05, 3.63) is 42.0 Å². The van der Waals surface area contributed by atoms with Crippen molar-refractivity contribution in [2.75, 3.05) is 13.1 Å². The predicted molar refractivity (Wildman–Crippen MR) is 125 cm³/mol. The molecule has 31 heavy (non-hydrogen) atoms. The lowest BCUT2D eigenvalue weighted by atomic mass is 9.72. The van der Waals surface area contributed by atoms with E-state index < -0.39 is 5.97 Å². The van der Waals surface area contributed by atoms with Crippen LogP contribution in [0.15, 0.2) is 36.4 Å². The van der Waals surface area contributed by atoms with Gasteiger partial charge in [0, 0.05) is 12.1 Å². The molecular formula is C27H37NO3. The zero-order valence-corrected chi connectivity index (χ0v) is 19.3. The van der Waals surface area contributed by atoms with Crippen LogP contribution < -0.4 is 4.74 Å². The molecule has 0 atom stereocenters. The summed E-state index contributed by atoms with van der Waals surface area (Å²) in [6.07, 6.45) is 6.46. The van der Waals surface area contributed by atoms with E-state index in [-0.39, 0.29) is 12.0 Å². The van der Waals surface area contributed by atoms with Crippen molar-refractivity contribution >= 4 is 16.7 Å². The highest BCUT2D eigenvalue weighted by Gasteiger charge is 2.31. The van der Waals surface area contributed by atoms with Gasteiger partial charge in [-0.05, 0) is 79.8 Å². The lowest BCUT2D eigenvalue weighted by Gasteiger charge is -2.37. The molecule has 168 valence electrons. The average Bonchev–Trinajstić information content (AvgIpc) is 2.75. The van der Waals surface area contributed by atoms with E-state index in [1.807, 2.05) is 0 Å². The SMILES string of the molecule is CC(C)(C)C1CCC(Oc2ccc3ccccc3c2CN2CCC(C(=O)O)CC2)CC1. The normalized spacial score (nSPS) is 23.7. The van der Waals surface area contributed by atoms with Gasteiger partial charge in [0.05, 0.1) is 12.0 Å². The van der Waals surface area contributed by atoms with E-state index >= 15 is 0 Å². The molecular weight excluding hydrogens is 386 g/mol. The fraction of sp³-hybridized carbons (Fsp3) is 0.593. The first kappa shape index (κ1) is 22.1. The zero-order chi connectivity index (χ0) is 22.0. The second kappa shape index (κ2) is 9.20. The van der Waals surface area contributed by atoms with Gasteiger partial charge in [0.2, 0.25) is 0 Å². The van der Waals surface area contributed by atoms with E-state index in [1.165, 1.54) is 29.2 Å². The molecule has 0 bridgehead atoms. The molecule has 0 amide bonds. The van der Waals surface area contributed by atoms with Crippen molar-refractivity contribution in [1.29, 1.82) is 0 Å². The average molecular weight is 424 g/mol. The van der Waals surface area contributed by atoms with E-state index in [2.05, 4.69) is 62.1 Å². The minimum atomic E-state index is -0.653. The zero-order valence-electron chi connectivity index (χ0n) is 19.3. The molecule has 0 radical (unpaired) electrons. The smallest absolute Gasteiger partial charge is 0.306 e. The maximum absolute atomic E-state index is 11.3. The molecule has 2 aromatic carbocycles. The number of rotatable bonds is 5. The van der Waals surface area contributed by atoms with Gasteiger partial charge in [-0.1, -0.05) is 51.1 Å². The maximum atomic E-state index is 11.3. The van der Waals surface area contributed by atoms with Crippen molar-refractivity contribution in [3.8, 4) is 5.75 Å². The summed E-state index contributed by atoms with van der Waals surface area (Å²) in [6, 6.07) is 12.9. The summed E-state index contributed by atoms with van der Waals surface area (Å²) in [5.41, 5.74) is 1.63. The van der Waals surface area contributed by atoms with Gasteiger partial charge in [0.25, 0.3) is 0 Å². The van der Waals surface area contributed by atoms with Gasteiger partial charge in [-0.3, -0.25) is 9.69 Å². The van der Waals surface area contributed by atoms with Crippen molar-refractivity contribution in [2.24, 2.45) is 17.3 Å². The standard InChI is InChI=1S/C27H37NO3/c1-27(2,3)21-9-11-22(12-10-21)31-25-13-8-19-6-4-5-7-23(19)24(25)18-28-16-14-20(15-17-28)26(29)30/h4-8,13,20-22H,9-12,14-18H2,1-3H3,(H,29,30). The van der Waals surface area contributed by atoms with Crippen molar-refractivity contribution in [3.63, 3.8) is 0 Å². The largest absolute Gasteiger partial charge is 0.490 e. The Morgan fingerprint density at radius 3 is 2.32 bits per heavy atom. The lowest BCUT2D eigenvalue weighted by molar-refractivity contribution is -0.143. The van der Waals surface area contributed by atoms with Gasteiger partial charge in [0.1, 0.15) is 5.75 Å². The first-order chi connectivity index (χ1) is 14.8.